The Morgan fingerprint density at radius 3 is 3.05 bits per heavy atom. The molecule has 1 unspecified atom stereocenters. The SMILES string of the molecule is CCSCCCn1cc(CC(C)N)c2cccnc21. The van der Waals surface area contributed by atoms with E-state index in [2.05, 4.69) is 35.7 Å². The second-order valence-corrected chi connectivity index (χ2v) is 6.35. The molecule has 2 rings (SSSR count). The first-order valence-electron chi connectivity index (χ1n) is 6.98. The molecule has 2 aromatic heterocycles. The molecule has 19 heavy (non-hydrogen) atoms. The van der Waals surface area contributed by atoms with Crippen molar-refractivity contribution in [3.63, 3.8) is 0 Å². The second kappa shape index (κ2) is 6.96. The van der Waals surface area contributed by atoms with Gasteiger partial charge in [0.25, 0.3) is 0 Å². The number of rotatable bonds is 7. The molecule has 0 aliphatic heterocycles. The van der Waals surface area contributed by atoms with Crippen LogP contribution in [-0.2, 0) is 13.0 Å². The fourth-order valence-corrected chi connectivity index (χ4v) is 2.98. The Balaban J connectivity index is 2.18. The van der Waals surface area contributed by atoms with Crippen molar-refractivity contribution >= 4 is 22.8 Å². The Bertz CT molecular complexity index is 519. The van der Waals surface area contributed by atoms with Gasteiger partial charge in [0.15, 0.2) is 0 Å². The molecule has 0 aliphatic carbocycles. The molecule has 104 valence electrons. The predicted molar refractivity (Wildman–Crippen MR) is 84.7 cm³/mol. The number of hydrogen-bond acceptors (Lipinski definition) is 3. The van der Waals surface area contributed by atoms with Crippen LogP contribution in [0.3, 0.4) is 0 Å². The number of thioether (sulfide) groups is 1. The quantitative estimate of drug-likeness (QED) is 0.791. The topological polar surface area (TPSA) is 43.8 Å². The van der Waals surface area contributed by atoms with E-state index in [0.29, 0.717) is 0 Å². The Kier molecular flexibility index (Phi) is 5.28. The normalized spacial score (nSPS) is 13.0. The Morgan fingerprint density at radius 2 is 2.32 bits per heavy atom. The van der Waals surface area contributed by atoms with E-state index in [1.54, 1.807) is 0 Å². The van der Waals surface area contributed by atoms with Crippen molar-refractivity contribution in [1.82, 2.24) is 9.55 Å². The lowest BCUT2D eigenvalue weighted by molar-refractivity contribution is 0.692. The number of nitrogens with two attached hydrogens (primary N) is 1. The van der Waals surface area contributed by atoms with Crippen LogP contribution < -0.4 is 5.73 Å². The van der Waals surface area contributed by atoms with E-state index in [4.69, 9.17) is 5.73 Å². The van der Waals surface area contributed by atoms with Gasteiger partial charge in [0, 0.05) is 30.4 Å². The van der Waals surface area contributed by atoms with E-state index < -0.39 is 0 Å². The Morgan fingerprint density at radius 1 is 1.47 bits per heavy atom. The number of fused-ring (bicyclic) bond motifs is 1. The lowest BCUT2D eigenvalue weighted by Gasteiger charge is -2.03. The molecule has 1 atom stereocenters. The van der Waals surface area contributed by atoms with Crippen molar-refractivity contribution in [2.75, 3.05) is 11.5 Å². The van der Waals surface area contributed by atoms with Gasteiger partial charge in [-0.15, -0.1) is 0 Å². The summed E-state index contributed by atoms with van der Waals surface area (Å²) in [6.07, 6.45) is 6.21. The fraction of sp³-hybridized carbons (Fsp3) is 0.533. The molecule has 3 nitrogen and oxygen atoms in total. The van der Waals surface area contributed by atoms with Crippen LogP contribution in [0.5, 0.6) is 0 Å². The second-order valence-electron chi connectivity index (χ2n) is 4.95. The molecule has 0 saturated heterocycles. The van der Waals surface area contributed by atoms with Crippen LogP contribution in [0.15, 0.2) is 24.5 Å². The number of pyridine rings is 1. The lowest BCUT2D eigenvalue weighted by Crippen LogP contribution is -2.17. The minimum Gasteiger partial charge on any atom is -0.332 e. The summed E-state index contributed by atoms with van der Waals surface area (Å²) in [6, 6.07) is 4.34. The van der Waals surface area contributed by atoms with Crippen molar-refractivity contribution in [3.8, 4) is 0 Å². The third kappa shape index (κ3) is 3.74. The maximum Gasteiger partial charge on any atom is 0.140 e. The van der Waals surface area contributed by atoms with E-state index in [1.165, 1.54) is 28.9 Å². The molecule has 0 aromatic carbocycles. The lowest BCUT2D eigenvalue weighted by atomic mass is 10.1. The molecule has 2 heterocycles. The number of nitrogens with zero attached hydrogens (tertiary/aromatic N) is 2. The maximum atomic E-state index is 5.93. The zero-order valence-corrected chi connectivity index (χ0v) is 12.6. The molecule has 0 amide bonds. The molecule has 0 spiro atoms. The molecule has 2 N–H and O–H groups in total. The summed E-state index contributed by atoms with van der Waals surface area (Å²) in [5.41, 5.74) is 8.35. The van der Waals surface area contributed by atoms with E-state index in [1.807, 2.05) is 24.0 Å². The van der Waals surface area contributed by atoms with Gasteiger partial charge in [-0.1, -0.05) is 6.92 Å². The summed E-state index contributed by atoms with van der Waals surface area (Å²) < 4.78 is 2.28. The number of aryl methyl sites for hydroxylation is 1. The third-order valence-corrected chi connectivity index (χ3v) is 4.14. The Labute approximate surface area is 119 Å². The van der Waals surface area contributed by atoms with Crippen LogP contribution in [0.1, 0.15) is 25.8 Å². The highest BCUT2D eigenvalue weighted by Gasteiger charge is 2.10. The van der Waals surface area contributed by atoms with Crippen molar-refractivity contribution in [3.05, 3.63) is 30.1 Å². The zero-order valence-electron chi connectivity index (χ0n) is 11.8. The van der Waals surface area contributed by atoms with Crippen LogP contribution >= 0.6 is 11.8 Å². The first kappa shape index (κ1) is 14.4. The van der Waals surface area contributed by atoms with Gasteiger partial charge in [-0.3, -0.25) is 0 Å². The van der Waals surface area contributed by atoms with Gasteiger partial charge in [-0.2, -0.15) is 11.8 Å². The van der Waals surface area contributed by atoms with E-state index in [0.717, 1.165) is 18.6 Å². The molecule has 0 bridgehead atoms. The van der Waals surface area contributed by atoms with Crippen molar-refractivity contribution in [2.45, 2.75) is 39.3 Å². The molecule has 0 fully saturated rings. The molecule has 0 radical (unpaired) electrons. The summed E-state index contributed by atoms with van der Waals surface area (Å²) in [5, 5.41) is 1.25. The average molecular weight is 277 g/mol. The number of hydrogen-bond donors (Lipinski definition) is 1. The molecular weight excluding hydrogens is 254 g/mol. The molecule has 4 heteroatoms. The van der Waals surface area contributed by atoms with Gasteiger partial charge in [0.2, 0.25) is 0 Å². The van der Waals surface area contributed by atoms with Gasteiger partial charge >= 0.3 is 0 Å². The zero-order chi connectivity index (χ0) is 13.7. The van der Waals surface area contributed by atoms with Gasteiger partial charge in [0.05, 0.1) is 0 Å². The summed E-state index contributed by atoms with van der Waals surface area (Å²) >= 11 is 2.00. The summed E-state index contributed by atoms with van der Waals surface area (Å²) in [7, 11) is 0. The first-order chi connectivity index (χ1) is 9.22. The van der Waals surface area contributed by atoms with Crippen molar-refractivity contribution in [2.24, 2.45) is 5.73 Å². The minimum atomic E-state index is 0.190. The summed E-state index contributed by atoms with van der Waals surface area (Å²) in [6.45, 7) is 5.30. The fourth-order valence-electron chi connectivity index (χ4n) is 2.36. The highest BCUT2D eigenvalue weighted by molar-refractivity contribution is 7.99. The summed E-state index contributed by atoms with van der Waals surface area (Å²) in [4.78, 5) is 4.52. The van der Waals surface area contributed by atoms with Gasteiger partial charge < -0.3 is 10.3 Å². The standard InChI is InChI=1S/C15H23N3S/c1-3-19-9-5-8-18-11-13(10-12(2)16)14-6-4-7-17-15(14)18/h4,6-7,11-12H,3,5,8-10,16H2,1-2H3. The smallest absolute Gasteiger partial charge is 0.140 e. The van der Waals surface area contributed by atoms with Gasteiger partial charge in [-0.05, 0) is 49.0 Å². The monoisotopic (exact) mass is 277 g/mol. The van der Waals surface area contributed by atoms with Crippen LogP contribution in [0, 0.1) is 0 Å². The van der Waals surface area contributed by atoms with Crippen LogP contribution in [-0.4, -0.2) is 27.1 Å². The summed E-state index contributed by atoms with van der Waals surface area (Å²) in [5.74, 6) is 2.41. The van der Waals surface area contributed by atoms with Crippen molar-refractivity contribution in [1.29, 1.82) is 0 Å². The highest BCUT2D eigenvalue weighted by Crippen LogP contribution is 2.21. The minimum absolute atomic E-state index is 0.190. The molecular formula is C15H23N3S. The van der Waals surface area contributed by atoms with E-state index in [-0.39, 0.29) is 6.04 Å². The Hall–Kier alpha value is -1.00. The molecule has 2 aromatic rings. The van der Waals surface area contributed by atoms with E-state index in [9.17, 15) is 0 Å². The van der Waals surface area contributed by atoms with Gasteiger partial charge in [0.1, 0.15) is 5.65 Å². The van der Waals surface area contributed by atoms with Crippen LogP contribution in [0.2, 0.25) is 0 Å². The number of aromatic nitrogens is 2. The molecule has 0 saturated carbocycles. The highest BCUT2D eigenvalue weighted by atomic mass is 32.2. The molecule has 0 aliphatic rings. The van der Waals surface area contributed by atoms with Crippen molar-refractivity contribution < 1.29 is 0 Å². The predicted octanol–water partition coefficient (Wildman–Crippen LogP) is 3.07. The third-order valence-electron chi connectivity index (χ3n) is 3.15. The average Bonchev–Trinajstić information content (AvgIpc) is 2.73. The van der Waals surface area contributed by atoms with Gasteiger partial charge in [-0.25, -0.2) is 4.98 Å². The first-order valence-corrected chi connectivity index (χ1v) is 8.14. The maximum absolute atomic E-state index is 5.93. The largest absolute Gasteiger partial charge is 0.332 e. The van der Waals surface area contributed by atoms with Crippen LogP contribution in [0.4, 0.5) is 0 Å². The van der Waals surface area contributed by atoms with Crippen LogP contribution in [0.25, 0.3) is 11.0 Å². The van der Waals surface area contributed by atoms with E-state index >= 15 is 0 Å².